The summed E-state index contributed by atoms with van der Waals surface area (Å²) in [5.74, 6) is 0. The summed E-state index contributed by atoms with van der Waals surface area (Å²) < 4.78 is 0. The summed E-state index contributed by atoms with van der Waals surface area (Å²) >= 11 is 0. The van der Waals surface area contributed by atoms with Gasteiger partial charge in [-0.05, 0) is 51.3 Å². The van der Waals surface area contributed by atoms with E-state index in [0.29, 0.717) is 0 Å². The molecule has 25 heavy (non-hydrogen) atoms. The van der Waals surface area contributed by atoms with Gasteiger partial charge in [0.25, 0.3) is 0 Å². The van der Waals surface area contributed by atoms with Gasteiger partial charge in [0.15, 0.2) is 0 Å². The summed E-state index contributed by atoms with van der Waals surface area (Å²) in [6.07, 6.45) is 0. The number of nitrogens with zero attached hydrogens (tertiary/aromatic N) is 2. The highest BCUT2D eigenvalue weighted by molar-refractivity contribution is 6.22. The van der Waals surface area contributed by atoms with E-state index in [1.165, 1.54) is 49.6 Å². The van der Waals surface area contributed by atoms with Crippen LogP contribution in [-0.4, -0.2) is 27.2 Å². The minimum absolute atomic E-state index is 0.995. The van der Waals surface area contributed by atoms with Gasteiger partial charge in [-0.1, -0.05) is 30.3 Å². The van der Waals surface area contributed by atoms with Gasteiger partial charge >= 0.3 is 0 Å². The lowest BCUT2D eigenvalue weighted by molar-refractivity contribution is 0.971. The predicted octanol–water partition coefficient (Wildman–Crippen LogP) is 5.83. The fourth-order valence-electron chi connectivity index (χ4n) is 3.95. The van der Waals surface area contributed by atoms with Crippen LogP contribution in [0.25, 0.3) is 21.5 Å². The highest BCUT2D eigenvalue weighted by Gasteiger charge is 2.21. The van der Waals surface area contributed by atoms with Gasteiger partial charge in [-0.25, -0.2) is 0 Å². The smallest absolute Gasteiger partial charge is 0.0529 e. The second kappa shape index (κ2) is 6.59. The molecule has 2 nitrogen and oxygen atoms in total. The van der Waals surface area contributed by atoms with Crippen LogP contribution < -0.4 is 9.80 Å². The van der Waals surface area contributed by atoms with Crippen LogP contribution in [0, 0.1) is 20.8 Å². The summed E-state index contributed by atoms with van der Waals surface area (Å²) in [6.45, 7) is 13.2. The summed E-state index contributed by atoms with van der Waals surface area (Å²) in [4.78, 5) is 4.80. The van der Waals surface area contributed by atoms with E-state index in [2.05, 4.69) is 88.8 Å². The van der Waals surface area contributed by atoms with Gasteiger partial charge in [0.1, 0.15) is 0 Å². The third-order valence-electron chi connectivity index (χ3n) is 5.57. The van der Waals surface area contributed by atoms with Crippen molar-refractivity contribution in [3.05, 3.63) is 47.0 Å². The number of hydrogen-bond donors (Lipinski definition) is 0. The number of hydrogen-bond acceptors (Lipinski definition) is 2. The lowest BCUT2D eigenvalue weighted by Crippen LogP contribution is -2.20. The molecule has 0 amide bonds. The molecule has 3 aromatic rings. The first-order valence-corrected chi connectivity index (χ1v) is 9.29. The number of fused-ring (bicyclic) bond motifs is 2. The van der Waals surface area contributed by atoms with Crippen molar-refractivity contribution < 1.29 is 0 Å². The molecule has 0 N–H and O–H groups in total. The number of aryl methyl sites for hydroxylation is 3. The first-order chi connectivity index (χ1) is 11.9. The Morgan fingerprint density at radius 2 is 1.12 bits per heavy atom. The molecule has 0 heterocycles. The van der Waals surface area contributed by atoms with Crippen LogP contribution >= 0.6 is 0 Å². The SMILES string of the molecule is CCN(C)c1c2cccc(C)c2c(N(C)CC)c2c(C)ccc(C)c12. The number of benzene rings is 3. The first kappa shape index (κ1) is 17.6. The number of anilines is 2. The van der Waals surface area contributed by atoms with Crippen molar-refractivity contribution in [3.8, 4) is 0 Å². The molecule has 3 aromatic carbocycles. The Kier molecular flexibility index (Phi) is 4.64. The Bertz CT molecular complexity index is 940. The monoisotopic (exact) mass is 334 g/mol. The van der Waals surface area contributed by atoms with Crippen molar-refractivity contribution in [1.82, 2.24) is 0 Å². The van der Waals surface area contributed by atoms with E-state index < -0.39 is 0 Å². The maximum atomic E-state index is 2.40. The van der Waals surface area contributed by atoms with E-state index >= 15 is 0 Å². The van der Waals surface area contributed by atoms with Gasteiger partial charge in [-0.3, -0.25) is 0 Å². The molecule has 0 aliphatic carbocycles. The predicted molar refractivity (Wildman–Crippen MR) is 114 cm³/mol. The Morgan fingerprint density at radius 1 is 0.640 bits per heavy atom. The fourth-order valence-corrected chi connectivity index (χ4v) is 3.95. The van der Waals surface area contributed by atoms with E-state index in [4.69, 9.17) is 0 Å². The largest absolute Gasteiger partial charge is 0.374 e. The summed E-state index contributed by atoms with van der Waals surface area (Å²) in [7, 11) is 4.42. The molecule has 0 unspecified atom stereocenters. The molecule has 0 aliphatic heterocycles. The Balaban J connectivity index is 2.71. The van der Waals surface area contributed by atoms with Crippen molar-refractivity contribution in [2.75, 3.05) is 37.0 Å². The van der Waals surface area contributed by atoms with E-state index in [1.54, 1.807) is 0 Å². The van der Waals surface area contributed by atoms with Gasteiger partial charge in [0.2, 0.25) is 0 Å². The Morgan fingerprint density at radius 3 is 1.68 bits per heavy atom. The maximum absolute atomic E-state index is 2.40. The molecule has 132 valence electrons. The normalized spacial score (nSPS) is 11.3. The molecule has 2 heteroatoms. The fraction of sp³-hybridized carbons (Fsp3) is 0.391. The van der Waals surface area contributed by atoms with Gasteiger partial charge < -0.3 is 9.80 Å². The first-order valence-electron chi connectivity index (χ1n) is 9.29. The molecule has 0 atom stereocenters. The van der Waals surface area contributed by atoms with Crippen LogP contribution in [0.1, 0.15) is 30.5 Å². The zero-order valence-corrected chi connectivity index (χ0v) is 16.7. The zero-order valence-electron chi connectivity index (χ0n) is 16.7. The van der Waals surface area contributed by atoms with Crippen LogP contribution in [0.3, 0.4) is 0 Å². The standard InChI is InChI=1S/C23H30N2/c1-8-24(6)22-18-12-10-11-15(3)19(18)23(25(7)9-2)21-17(5)14-13-16(4)20(21)22/h10-14H,8-9H2,1-7H3. The van der Waals surface area contributed by atoms with E-state index in [-0.39, 0.29) is 0 Å². The summed E-state index contributed by atoms with van der Waals surface area (Å²) in [6, 6.07) is 11.3. The van der Waals surface area contributed by atoms with Gasteiger partial charge in [-0.2, -0.15) is 0 Å². The van der Waals surface area contributed by atoms with Crippen molar-refractivity contribution in [1.29, 1.82) is 0 Å². The van der Waals surface area contributed by atoms with E-state index in [1.807, 2.05) is 0 Å². The molecule has 0 spiro atoms. The molecule has 0 bridgehead atoms. The minimum Gasteiger partial charge on any atom is -0.374 e. The topological polar surface area (TPSA) is 6.48 Å². The second-order valence-corrected chi connectivity index (χ2v) is 7.17. The van der Waals surface area contributed by atoms with Crippen LogP contribution in [-0.2, 0) is 0 Å². The highest BCUT2D eigenvalue weighted by Crippen LogP contribution is 2.46. The molecule has 0 radical (unpaired) electrons. The molecule has 0 saturated carbocycles. The quantitative estimate of drug-likeness (QED) is 0.437. The molecular weight excluding hydrogens is 304 g/mol. The van der Waals surface area contributed by atoms with Crippen LogP contribution in [0.5, 0.6) is 0 Å². The van der Waals surface area contributed by atoms with E-state index in [9.17, 15) is 0 Å². The van der Waals surface area contributed by atoms with Crippen LogP contribution in [0.2, 0.25) is 0 Å². The summed E-state index contributed by atoms with van der Waals surface area (Å²) in [5.41, 5.74) is 6.80. The summed E-state index contributed by atoms with van der Waals surface area (Å²) in [5, 5.41) is 5.56. The Hall–Kier alpha value is -2.22. The zero-order chi connectivity index (χ0) is 18.3. The average Bonchev–Trinajstić information content (AvgIpc) is 2.62. The van der Waals surface area contributed by atoms with E-state index in [0.717, 1.165) is 13.1 Å². The molecule has 3 rings (SSSR count). The van der Waals surface area contributed by atoms with Crippen molar-refractivity contribution >= 4 is 32.9 Å². The van der Waals surface area contributed by atoms with Crippen molar-refractivity contribution in [2.24, 2.45) is 0 Å². The van der Waals surface area contributed by atoms with Crippen molar-refractivity contribution in [2.45, 2.75) is 34.6 Å². The van der Waals surface area contributed by atoms with Gasteiger partial charge in [0.05, 0.1) is 11.4 Å². The highest BCUT2D eigenvalue weighted by atomic mass is 15.1. The third-order valence-corrected chi connectivity index (χ3v) is 5.57. The molecule has 0 aromatic heterocycles. The van der Waals surface area contributed by atoms with Gasteiger partial charge in [-0.15, -0.1) is 0 Å². The van der Waals surface area contributed by atoms with Crippen LogP contribution in [0.4, 0.5) is 11.4 Å². The molecule has 0 fully saturated rings. The lowest BCUT2D eigenvalue weighted by Gasteiger charge is -2.30. The Labute approximate surface area is 152 Å². The van der Waals surface area contributed by atoms with Crippen LogP contribution in [0.15, 0.2) is 30.3 Å². The van der Waals surface area contributed by atoms with Gasteiger partial charge in [0, 0.05) is 48.7 Å². The minimum atomic E-state index is 0.995. The second-order valence-electron chi connectivity index (χ2n) is 7.17. The lowest BCUT2D eigenvalue weighted by atomic mass is 9.90. The average molecular weight is 335 g/mol. The number of rotatable bonds is 4. The molecule has 0 aliphatic rings. The third kappa shape index (κ3) is 2.64. The maximum Gasteiger partial charge on any atom is 0.0529 e. The van der Waals surface area contributed by atoms with Crippen molar-refractivity contribution in [3.63, 3.8) is 0 Å². The molecule has 0 saturated heterocycles. The molecular formula is C23H30N2.